The Morgan fingerprint density at radius 2 is 2.05 bits per heavy atom. The van der Waals surface area contributed by atoms with Crippen LogP contribution in [0.4, 0.5) is 0 Å². The fourth-order valence-electron chi connectivity index (χ4n) is 2.38. The van der Waals surface area contributed by atoms with Gasteiger partial charge in [-0.15, -0.1) is 0 Å². The zero-order valence-electron chi connectivity index (χ0n) is 12.3. The van der Waals surface area contributed by atoms with E-state index in [1.165, 1.54) is 12.8 Å². The average Bonchev–Trinajstić information content (AvgIpc) is 3.29. The van der Waals surface area contributed by atoms with Crippen molar-refractivity contribution in [1.29, 1.82) is 0 Å². The number of aliphatic hydroxyl groups excluding tert-OH is 1. The number of aliphatic hydroxyl groups is 1. The van der Waals surface area contributed by atoms with Crippen LogP contribution in [0, 0.1) is 11.8 Å². The molecule has 0 aromatic heterocycles. The second-order valence-corrected chi connectivity index (χ2v) is 6.03. The van der Waals surface area contributed by atoms with Crippen LogP contribution in [0.2, 0.25) is 0 Å². The summed E-state index contributed by atoms with van der Waals surface area (Å²) in [7, 11) is 0. The van der Waals surface area contributed by atoms with E-state index in [1.54, 1.807) is 0 Å². The highest BCUT2D eigenvalue weighted by molar-refractivity contribution is 5.76. The van der Waals surface area contributed by atoms with Crippen molar-refractivity contribution < 1.29 is 9.90 Å². The van der Waals surface area contributed by atoms with Gasteiger partial charge < -0.3 is 10.0 Å². The molecule has 0 bridgehead atoms. The average molecular weight is 275 g/mol. The molecule has 0 heterocycles. The number of hydrogen-bond acceptors (Lipinski definition) is 2. The molecule has 1 atom stereocenters. The molecule has 1 aliphatic carbocycles. The number of carbonyl (C=O) groups excluding carboxylic acids is 1. The second kappa shape index (κ2) is 7.44. The number of nitrogens with zero attached hydrogens (tertiary/aromatic N) is 1. The third-order valence-corrected chi connectivity index (χ3v) is 3.88. The van der Waals surface area contributed by atoms with E-state index in [2.05, 4.69) is 0 Å². The molecule has 20 heavy (non-hydrogen) atoms. The van der Waals surface area contributed by atoms with Crippen LogP contribution in [0.5, 0.6) is 0 Å². The molecule has 1 fully saturated rings. The Morgan fingerprint density at radius 1 is 1.35 bits per heavy atom. The summed E-state index contributed by atoms with van der Waals surface area (Å²) in [6.45, 7) is 3.39. The zero-order valence-corrected chi connectivity index (χ0v) is 12.3. The molecule has 3 heteroatoms. The maximum Gasteiger partial charge on any atom is 0.222 e. The van der Waals surface area contributed by atoms with E-state index >= 15 is 0 Å². The summed E-state index contributed by atoms with van der Waals surface area (Å²) < 4.78 is 0. The molecule has 1 N–H and O–H groups in total. The smallest absolute Gasteiger partial charge is 0.222 e. The van der Waals surface area contributed by atoms with Crippen LogP contribution in [0.1, 0.15) is 38.2 Å². The summed E-state index contributed by atoms with van der Waals surface area (Å²) in [5.74, 6) is 1.14. The van der Waals surface area contributed by atoms with Gasteiger partial charge in [-0.25, -0.2) is 0 Å². The highest BCUT2D eigenvalue weighted by Crippen LogP contribution is 2.33. The minimum absolute atomic E-state index is 0.126. The lowest BCUT2D eigenvalue weighted by molar-refractivity contribution is -0.132. The molecule has 0 radical (unpaired) electrons. The molecule has 1 aliphatic rings. The Labute approximate surface area is 121 Å². The summed E-state index contributed by atoms with van der Waals surface area (Å²) >= 11 is 0. The van der Waals surface area contributed by atoms with Crippen molar-refractivity contribution in [3.05, 3.63) is 35.9 Å². The van der Waals surface area contributed by atoms with E-state index in [-0.39, 0.29) is 18.4 Å². The molecule has 1 unspecified atom stereocenters. The van der Waals surface area contributed by atoms with Crippen LogP contribution >= 0.6 is 0 Å². The van der Waals surface area contributed by atoms with Crippen LogP contribution < -0.4 is 0 Å². The predicted molar refractivity (Wildman–Crippen MR) is 80.1 cm³/mol. The first kappa shape index (κ1) is 15.0. The van der Waals surface area contributed by atoms with Crippen molar-refractivity contribution in [2.45, 2.75) is 39.2 Å². The van der Waals surface area contributed by atoms with E-state index in [1.807, 2.05) is 42.2 Å². The molecule has 1 aromatic rings. The largest absolute Gasteiger partial charge is 0.396 e. The Hall–Kier alpha value is -1.35. The quantitative estimate of drug-likeness (QED) is 0.792. The molecule has 0 spiro atoms. The Bertz CT molecular complexity index is 414. The standard InChI is InChI=1S/C17H25NO2/c1-14(13-19)11-18(12-16-5-3-2-4-6-16)17(20)10-9-15-7-8-15/h2-6,14-15,19H,7-13H2,1H3. The lowest BCUT2D eigenvalue weighted by Gasteiger charge is -2.25. The highest BCUT2D eigenvalue weighted by Gasteiger charge is 2.24. The SMILES string of the molecule is CC(CO)CN(Cc1ccccc1)C(=O)CCC1CC1. The zero-order chi connectivity index (χ0) is 14.4. The van der Waals surface area contributed by atoms with Crippen LogP contribution in [-0.2, 0) is 11.3 Å². The second-order valence-electron chi connectivity index (χ2n) is 6.03. The monoisotopic (exact) mass is 275 g/mol. The Balaban J connectivity index is 1.93. The van der Waals surface area contributed by atoms with Gasteiger partial charge in [0.05, 0.1) is 0 Å². The minimum atomic E-state index is 0.126. The summed E-state index contributed by atoms with van der Waals surface area (Å²) in [4.78, 5) is 14.3. The van der Waals surface area contributed by atoms with E-state index in [4.69, 9.17) is 0 Å². The Morgan fingerprint density at radius 3 is 2.65 bits per heavy atom. The van der Waals surface area contributed by atoms with Crippen LogP contribution in [-0.4, -0.2) is 29.1 Å². The molecule has 110 valence electrons. The molecule has 2 rings (SSSR count). The van der Waals surface area contributed by atoms with Gasteiger partial charge in [-0.1, -0.05) is 50.1 Å². The van der Waals surface area contributed by atoms with Gasteiger partial charge in [-0.05, 0) is 23.8 Å². The van der Waals surface area contributed by atoms with Gasteiger partial charge >= 0.3 is 0 Å². The van der Waals surface area contributed by atoms with Crippen molar-refractivity contribution in [3.8, 4) is 0 Å². The van der Waals surface area contributed by atoms with Gasteiger partial charge in [0.1, 0.15) is 0 Å². The van der Waals surface area contributed by atoms with E-state index in [0.717, 1.165) is 17.9 Å². The first-order valence-corrected chi connectivity index (χ1v) is 7.61. The maximum atomic E-state index is 12.4. The third kappa shape index (κ3) is 4.97. The van der Waals surface area contributed by atoms with E-state index in [0.29, 0.717) is 19.5 Å². The van der Waals surface area contributed by atoms with Crippen LogP contribution in [0.25, 0.3) is 0 Å². The highest BCUT2D eigenvalue weighted by atomic mass is 16.3. The lowest BCUT2D eigenvalue weighted by Crippen LogP contribution is -2.35. The first-order valence-electron chi connectivity index (χ1n) is 7.61. The maximum absolute atomic E-state index is 12.4. The molecular formula is C17H25NO2. The number of rotatable bonds is 8. The molecule has 3 nitrogen and oxygen atoms in total. The Kier molecular flexibility index (Phi) is 5.60. The normalized spacial score (nSPS) is 15.9. The summed E-state index contributed by atoms with van der Waals surface area (Å²) in [6, 6.07) is 10.1. The summed E-state index contributed by atoms with van der Waals surface area (Å²) in [5.41, 5.74) is 1.15. The summed E-state index contributed by atoms with van der Waals surface area (Å²) in [5, 5.41) is 9.22. The van der Waals surface area contributed by atoms with Gasteiger partial charge in [0, 0.05) is 26.1 Å². The van der Waals surface area contributed by atoms with Crippen LogP contribution in [0.15, 0.2) is 30.3 Å². The van der Waals surface area contributed by atoms with Crippen molar-refractivity contribution in [3.63, 3.8) is 0 Å². The van der Waals surface area contributed by atoms with Crippen molar-refractivity contribution in [1.82, 2.24) is 4.90 Å². The van der Waals surface area contributed by atoms with Crippen molar-refractivity contribution >= 4 is 5.91 Å². The predicted octanol–water partition coefficient (Wildman–Crippen LogP) is 2.83. The van der Waals surface area contributed by atoms with Crippen molar-refractivity contribution in [2.24, 2.45) is 11.8 Å². The molecule has 0 aliphatic heterocycles. The van der Waals surface area contributed by atoms with Crippen molar-refractivity contribution in [2.75, 3.05) is 13.2 Å². The van der Waals surface area contributed by atoms with Gasteiger partial charge in [-0.3, -0.25) is 4.79 Å². The minimum Gasteiger partial charge on any atom is -0.396 e. The molecule has 0 saturated heterocycles. The number of carbonyl (C=O) groups is 1. The fraction of sp³-hybridized carbons (Fsp3) is 0.588. The van der Waals surface area contributed by atoms with E-state index < -0.39 is 0 Å². The topological polar surface area (TPSA) is 40.5 Å². The number of benzene rings is 1. The molecule has 1 aromatic carbocycles. The van der Waals surface area contributed by atoms with Gasteiger partial charge in [0.25, 0.3) is 0 Å². The molecular weight excluding hydrogens is 250 g/mol. The fourth-order valence-corrected chi connectivity index (χ4v) is 2.38. The van der Waals surface area contributed by atoms with E-state index in [9.17, 15) is 9.90 Å². The molecule has 1 amide bonds. The number of amides is 1. The lowest BCUT2D eigenvalue weighted by atomic mass is 10.1. The van der Waals surface area contributed by atoms with Gasteiger partial charge in [0.15, 0.2) is 0 Å². The number of hydrogen-bond donors (Lipinski definition) is 1. The van der Waals surface area contributed by atoms with Gasteiger partial charge in [-0.2, -0.15) is 0 Å². The first-order chi connectivity index (χ1) is 9.69. The van der Waals surface area contributed by atoms with Crippen LogP contribution in [0.3, 0.4) is 0 Å². The summed E-state index contributed by atoms with van der Waals surface area (Å²) in [6.07, 6.45) is 4.26. The molecule has 1 saturated carbocycles. The van der Waals surface area contributed by atoms with Gasteiger partial charge in [0.2, 0.25) is 5.91 Å². The third-order valence-electron chi connectivity index (χ3n) is 3.88.